The number of halogens is 1. The van der Waals surface area contributed by atoms with Crippen molar-refractivity contribution in [1.82, 2.24) is 9.97 Å². The molecular formula is C23H20ClN3O. The van der Waals surface area contributed by atoms with Crippen molar-refractivity contribution in [3.05, 3.63) is 81.9 Å². The number of nitrogens with zero attached hydrogens (tertiary/aromatic N) is 1. The summed E-state index contributed by atoms with van der Waals surface area (Å²) in [6, 6.07) is 17.1. The predicted octanol–water partition coefficient (Wildman–Crippen LogP) is 6.06. The number of benzene rings is 3. The van der Waals surface area contributed by atoms with E-state index in [1.54, 1.807) is 12.1 Å². The summed E-state index contributed by atoms with van der Waals surface area (Å²) in [6.07, 6.45) is 0. The molecule has 0 unspecified atom stereocenters. The van der Waals surface area contributed by atoms with Crippen molar-refractivity contribution in [2.45, 2.75) is 20.8 Å². The van der Waals surface area contributed by atoms with Gasteiger partial charge in [-0.15, -0.1) is 0 Å². The maximum atomic E-state index is 12.4. The van der Waals surface area contributed by atoms with Crippen molar-refractivity contribution in [2.75, 3.05) is 5.32 Å². The second kappa shape index (κ2) is 7.13. The largest absolute Gasteiger partial charge is 0.338 e. The zero-order valence-corrected chi connectivity index (χ0v) is 16.7. The fourth-order valence-corrected chi connectivity index (χ4v) is 3.24. The van der Waals surface area contributed by atoms with Gasteiger partial charge >= 0.3 is 0 Å². The van der Waals surface area contributed by atoms with Crippen LogP contribution in [0.2, 0.25) is 5.02 Å². The van der Waals surface area contributed by atoms with Gasteiger partial charge in [-0.25, -0.2) is 4.98 Å². The molecule has 1 amide bonds. The van der Waals surface area contributed by atoms with Gasteiger partial charge in [0.05, 0.1) is 11.0 Å². The van der Waals surface area contributed by atoms with Crippen LogP contribution >= 0.6 is 11.6 Å². The first-order valence-corrected chi connectivity index (χ1v) is 9.43. The van der Waals surface area contributed by atoms with E-state index >= 15 is 0 Å². The molecule has 28 heavy (non-hydrogen) atoms. The summed E-state index contributed by atoms with van der Waals surface area (Å²) < 4.78 is 0. The number of hydrogen-bond donors (Lipinski definition) is 2. The van der Waals surface area contributed by atoms with Crippen molar-refractivity contribution >= 4 is 34.2 Å². The molecule has 4 aromatic rings. The van der Waals surface area contributed by atoms with Gasteiger partial charge < -0.3 is 10.3 Å². The predicted molar refractivity (Wildman–Crippen MR) is 115 cm³/mol. The summed E-state index contributed by atoms with van der Waals surface area (Å²) in [7, 11) is 0. The van der Waals surface area contributed by atoms with Crippen molar-refractivity contribution in [3.63, 3.8) is 0 Å². The number of hydrogen-bond acceptors (Lipinski definition) is 2. The number of aromatic amines is 1. The minimum Gasteiger partial charge on any atom is -0.338 e. The van der Waals surface area contributed by atoms with E-state index in [0.29, 0.717) is 16.3 Å². The van der Waals surface area contributed by atoms with Gasteiger partial charge in [-0.1, -0.05) is 17.7 Å². The molecule has 140 valence electrons. The van der Waals surface area contributed by atoms with Crippen LogP contribution in [0.1, 0.15) is 27.0 Å². The monoisotopic (exact) mass is 389 g/mol. The quantitative estimate of drug-likeness (QED) is 0.447. The van der Waals surface area contributed by atoms with E-state index in [0.717, 1.165) is 28.0 Å². The van der Waals surface area contributed by atoms with Crippen LogP contribution in [0.4, 0.5) is 5.69 Å². The summed E-state index contributed by atoms with van der Waals surface area (Å²) in [5.74, 6) is 0.618. The number of rotatable bonds is 3. The summed E-state index contributed by atoms with van der Waals surface area (Å²) in [5.41, 5.74) is 7.58. The Bertz CT molecular complexity index is 1150. The third-order valence-corrected chi connectivity index (χ3v) is 5.35. The zero-order valence-electron chi connectivity index (χ0n) is 15.9. The molecule has 0 atom stereocenters. The lowest BCUT2D eigenvalue weighted by Gasteiger charge is -2.07. The van der Waals surface area contributed by atoms with Crippen molar-refractivity contribution in [3.8, 4) is 11.4 Å². The number of fused-ring (bicyclic) bond motifs is 1. The van der Waals surface area contributed by atoms with Crippen molar-refractivity contribution in [2.24, 2.45) is 0 Å². The molecule has 5 heteroatoms. The van der Waals surface area contributed by atoms with E-state index in [1.165, 1.54) is 11.1 Å². The Hall–Kier alpha value is -3.11. The molecule has 3 aromatic carbocycles. The third-order valence-electron chi connectivity index (χ3n) is 4.95. The highest BCUT2D eigenvalue weighted by Crippen LogP contribution is 2.24. The first-order chi connectivity index (χ1) is 13.4. The van der Waals surface area contributed by atoms with Gasteiger partial charge in [0.25, 0.3) is 5.91 Å². The fourth-order valence-electron chi connectivity index (χ4n) is 3.06. The second-order valence-electron chi connectivity index (χ2n) is 7.03. The van der Waals surface area contributed by atoms with Crippen LogP contribution in [0.15, 0.2) is 54.6 Å². The number of anilines is 1. The van der Waals surface area contributed by atoms with E-state index in [4.69, 9.17) is 11.6 Å². The smallest absolute Gasteiger partial charge is 0.255 e. The maximum Gasteiger partial charge on any atom is 0.255 e. The Morgan fingerprint density at radius 2 is 1.64 bits per heavy atom. The summed E-state index contributed by atoms with van der Waals surface area (Å²) >= 11 is 6.11. The van der Waals surface area contributed by atoms with E-state index in [2.05, 4.69) is 41.3 Å². The molecule has 1 aromatic heterocycles. The number of imidazole rings is 1. The highest BCUT2D eigenvalue weighted by atomic mass is 35.5. The Morgan fingerprint density at radius 3 is 2.36 bits per heavy atom. The zero-order chi connectivity index (χ0) is 19.8. The standard InChI is InChI=1S/C23H20ClN3O/c1-13-4-5-17(12-19(13)24)23(28)25-18-8-6-16(7-9-18)22-26-20-10-14(2)15(3)11-21(20)27-22/h4-12H,1-3H3,(H,25,28)(H,26,27). The number of aryl methyl sites for hydroxylation is 3. The Labute approximate surface area is 168 Å². The van der Waals surface area contributed by atoms with Crippen molar-refractivity contribution < 1.29 is 4.79 Å². The van der Waals surface area contributed by atoms with Crippen LogP contribution in [0.25, 0.3) is 22.4 Å². The molecule has 0 saturated carbocycles. The fraction of sp³-hybridized carbons (Fsp3) is 0.130. The Kier molecular flexibility index (Phi) is 4.65. The number of carbonyl (C=O) groups is 1. The van der Waals surface area contributed by atoms with Crippen LogP contribution in [-0.4, -0.2) is 15.9 Å². The van der Waals surface area contributed by atoms with Gasteiger partial charge in [0.2, 0.25) is 0 Å². The second-order valence-corrected chi connectivity index (χ2v) is 7.44. The SMILES string of the molecule is Cc1cc2nc(-c3ccc(NC(=O)c4ccc(C)c(Cl)c4)cc3)[nH]c2cc1C. The van der Waals surface area contributed by atoms with Crippen LogP contribution in [-0.2, 0) is 0 Å². The van der Waals surface area contributed by atoms with Gasteiger partial charge in [-0.05, 0) is 86.0 Å². The molecule has 0 aliphatic heterocycles. The molecule has 0 spiro atoms. The van der Waals surface area contributed by atoms with E-state index in [1.807, 2.05) is 37.3 Å². The molecule has 0 aliphatic carbocycles. The summed E-state index contributed by atoms with van der Waals surface area (Å²) in [4.78, 5) is 20.5. The molecule has 0 bridgehead atoms. The van der Waals surface area contributed by atoms with Gasteiger partial charge in [-0.2, -0.15) is 0 Å². The molecule has 4 nitrogen and oxygen atoms in total. The van der Waals surface area contributed by atoms with Crippen LogP contribution in [0.5, 0.6) is 0 Å². The number of amides is 1. The third kappa shape index (κ3) is 3.51. The number of H-pyrrole nitrogens is 1. The molecule has 0 saturated heterocycles. The van der Waals surface area contributed by atoms with Crippen LogP contribution < -0.4 is 5.32 Å². The molecular weight excluding hydrogens is 370 g/mol. The number of aromatic nitrogens is 2. The molecule has 0 aliphatic rings. The first kappa shape index (κ1) is 18.3. The molecule has 0 fully saturated rings. The van der Waals surface area contributed by atoms with Gasteiger partial charge in [0.15, 0.2) is 0 Å². The number of nitrogens with one attached hydrogen (secondary N) is 2. The van der Waals surface area contributed by atoms with E-state index in [9.17, 15) is 4.79 Å². The van der Waals surface area contributed by atoms with E-state index < -0.39 is 0 Å². The minimum absolute atomic E-state index is 0.190. The average Bonchev–Trinajstić information content (AvgIpc) is 3.07. The van der Waals surface area contributed by atoms with Crippen LogP contribution in [0.3, 0.4) is 0 Å². The summed E-state index contributed by atoms with van der Waals surface area (Å²) in [6.45, 7) is 6.08. The lowest BCUT2D eigenvalue weighted by Crippen LogP contribution is -2.11. The maximum absolute atomic E-state index is 12.4. The summed E-state index contributed by atoms with van der Waals surface area (Å²) in [5, 5.41) is 3.48. The van der Waals surface area contributed by atoms with Gasteiger partial charge in [0.1, 0.15) is 5.82 Å². The molecule has 4 rings (SSSR count). The van der Waals surface area contributed by atoms with E-state index in [-0.39, 0.29) is 5.91 Å². The highest BCUT2D eigenvalue weighted by molar-refractivity contribution is 6.31. The minimum atomic E-state index is -0.190. The molecule has 2 N–H and O–H groups in total. The first-order valence-electron chi connectivity index (χ1n) is 9.05. The molecule has 0 radical (unpaired) electrons. The average molecular weight is 390 g/mol. The van der Waals surface area contributed by atoms with Crippen molar-refractivity contribution in [1.29, 1.82) is 0 Å². The normalized spacial score (nSPS) is 11.0. The highest BCUT2D eigenvalue weighted by Gasteiger charge is 2.10. The molecule has 1 heterocycles. The van der Waals surface area contributed by atoms with Crippen LogP contribution in [0, 0.1) is 20.8 Å². The topological polar surface area (TPSA) is 57.8 Å². The van der Waals surface area contributed by atoms with Gasteiger partial charge in [-0.3, -0.25) is 4.79 Å². The Morgan fingerprint density at radius 1 is 0.929 bits per heavy atom. The van der Waals surface area contributed by atoms with Gasteiger partial charge in [0, 0.05) is 21.8 Å². The Balaban J connectivity index is 1.55. The number of carbonyl (C=O) groups excluding carboxylic acids is 1. The lowest BCUT2D eigenvalue weighted by atomic mass is 10.1. The lowest BCUT2D eigenvalue weighted by molar-refractivity contribution is 0.102.